The zero-order chi connectivity index (χ0) is 21.9. The molecule has 1 N–H and O–H groups in total. The fraction of sp³-hybridized carbons (Fsp3) is 0.120. The molecule has 0 atom stereocenters. The third-order valence-corrected chi connectivity index (χ3v) is 5.23. The number of para-hydroxylation sites is 2. The molecule has 160 valence electrons. The molecule has 1 aliphatic rings. The summed E-state index contributed by atoms with van der Waals surface area (Å²) in [6.07, 6.45) is 1.74. The lowest BCUT2D eigenvalue weighted by molar-refractivity contribution is 0.0951. The number of nitrogens with one attached hydrogen (secondary N) is 1. The first-order valence-electron chi connectivity index (χ1n) is 10.2. The Kier molecular flexibility index (Phi) is 5.21. The van der Waals surface area contributed by atoms with E-state index in [2.05, 4.69) is 5.32 Å². The fourth-order valence-electron chi connectivity index (χ4n) is 3.62. The normalized spacial score (nSPS) is 11.9. The molecule has 0 spiro atoms. The number of carbonyl (C=O) groups excluding carboxylic acids is 1. The van der Waals surface area contributed by atoms with Crippen LogP contribution in [0.2, 0.25) is 0 Å². The van der Waals surface area contributed by atoms with Crippen LogP contribution in [0.4, 0.5) is 0 Å². The van der Waals surface area contributed by atoms with Crippen molar-refractivity contribution in [3.05, 3.63) is 90.1 Å². The molecule has 32 heavy (non-hydrogen) atoms. The second-order valence-corrected chi connectivity index (χ2v) is 7.24. The number of amides is 1. The van der Waals surface area contributed by atoms with Gasteiger partial charge < -0.3 is 19.5 Å². The van der Waals surface area contributed by atoms with Gasteiger partial charge in [-0.05, 0) is 42.0 Å². The minimum Gasteiger partial charge on any atom is -0.496 e. The van der Waals surface area contributed by atoms with Crippen LogP contribution in [0.5, 0.6) is 17.2 Å². The average molecular weight is 427 g/mol. The van der Waals surface area contributed by atoms with E-state index in [0.29, 0.717) is 35.1 Å². The summed E-state index contributed by atoms with van der Waals surface area (Å²) in [6, 6.07) is 22.8. The van der Waals surface area contributed by atoms with E-state index in [-0.39, 0.29) is 12.7 Å². The maximum Gasteiger partial charge on any atom is 0.255 e. The van der Waals surface area contributed by atoms with Gasteiger partial charge in [-0.3, -0.25) is 4.79 Å². The largest absolute Gasteiger partial charge is 0.496 e. The summed E-state index contributed by atoms with van der Waals surface area (Å²) in [5.41, 5.74) is 3.53. The molecule has 0 saturated carbocycles. The first-order chi connectivity index (χ1) is 15.7. The molecule has 7 nitrogen and oxygen atoms in total. The predicted molar refractivity (Wildman–Crippen MR) is 119 cm³/mol. The van der Waals surface area contributed by atoms with Crippen molar-refractivity contribution in [2.45, 2.75) is 6.54 Å². The summed E-state index contributed by atoms with van der Waals surface area (Å²) in [5.74, 6) is 1.81. The van der Waals surface area contributed by atoms with Crippen LogP contribution in [0.3, 0.4) is 0 Å². The van der Waals surface area contributed by atoms with Gasteiger partial charge in [0.2, 0.25) is 6.79 Å². The highest BCUT2D eigenvalue weighted by Crippen LogP contribution is 2.33. The number of aromatic nitrogens is 2. The first kappa shape index (κ1) is 19.7. The molecular weight excluding hydrogens is 406 g/mol. The molecule has 0 unspecified atom stereocenters. The average Bonchev–Trinajstić information content (AvgIpc) is 3.50. The van der Waals surface area contributed by atoms with Gasteiger partial charge in [-0.15, -0.1) is 0 Å². The molecule has 0 saturated heterocycles. The van der Waals surface area contributed by atoms with Crippen molar-refractivity contribution in [2.75, 3.05) is 13.9 Å². The van der Waals surface area contributed by atoms with E-state index in [1.165, 1.54) is 0 Å². The monoisotopic (exact) mass is 427 g/mol. The Morgan fingerprint density at radius 2 is 1.81 bits per heavy atom. The van der Waals surface area contributed by atoms with Gasteiger partial charge in [-0.25, -0.2) is 4.68 Å². The van der Waals surface area contributed by atoms with Gasteiger partial charge in [0, 0.05) is 18.3 Å². The fourth-order valence-corrected chi connectivity index (χ4v) is 3.62. The predicted octanol–water partition coefficient (Wildman–Crippen LogP) is 4.21. The maximum absolute atomic E-state index is 13.2. The second-order valence-electron chi connectivity index (χ2n) is 7.24. The molecule has 1 aliphatic heterocycles. The molecule has 1 aromatic heterocycles. The quantitative estimate of drug-likeness (QED) is 0.499. The zero-order valence-electron chi connectivity index (χ0n) is 17.4. The molecule has 7 heteroatoms. The van der Waals surface area contributed by atoms with E-state index in [4.69, 9.17) is 19.3 Å². The van der Waals surface area contributed by atoms with E-state index in [1.54, 1.807) is 18.0 Å². The summed E-state index contributed by atoms with van der Waals surface area (Å²) in [4.78, 5) is 13.2. The van der Waals surface area contributed by atoms with Gasteiger partial charge in [-0.1, -0.05) is 36.4 Å². The summed E-state index contributed by atoms with van der Waals surface area (Å²) < 4.78 is 18.0. The first-order valence-corrected chi connectivity index (χ1v) is 10.2. The van der Waals surface area contributed by atoms with Gasteiger partial charge in [0.05, 0.1) is 18.4 Å². The van der Waals surface area contributed by atoms with Crippen LogP contribution in [0.25, 0.3) is 16.9 Å². The van der Waals surface area contributed by atoms with Gasteiger partial charge in [-0.2, -0.15) is 5.10 Å². The zero-order valence-corrected chi connectivity index (χ0v) is 17.4. The van der Waals surface area contributed by atoms with Crippen LogP contribution >= 0.6 is 0 Å². The Balaban J connectivity index is 1.47. The van der Waals surface area contributed by atoms with Crippen molar-refractivity contribution < 1.29 is 19.0 Å². The second kappa shape index (κ2) is 8.47. The highest BCUT2D eigenvalue weighted by molar-refractivity contribution is 6.00. The molecular formula is C25H21N3O4. The van der Waals surface area contributed by atoms with Crippen LogP contribution in [0.1, 0.15) is 15.9 Å². The van der Waals surface area contributed by atoms with E-state index < -0.39 is 0 Å². The Morgan fingerprint density at radius 3 is 2.66 bits per heavy atom. The van der Waals surface area contributed by atoms with Gasteiger partial charge in [0.25, 0.3) is 5.91 Å². The number of fused-ring (bicyclic) bond motifs is 1. The van der Waals surface area contributed by atoms with Crippen LogP contribution in [-0.2, 0) is 6.54 Å². The number of hydrogen-bond acceptors (Lipinski definition) is 5. The van der Waals surface area contributed by atoms with Crippen LogP contribution in [0, 0.1) is 0 Å². The summed E-state index contributed by atoms with van der Waals surface area (Å²) in [7, 11) is 1.60. The number of nitrogens with zero attached hydrogens (tertiary/aromatic N) is 2. The number of benzene rings is 3. The Labute approximate surface area is 185 Å². The van der Waals surface area contributed by atoms with Crippen molar-refractivity contribution in [1.29, 1.82) is 0 Å². The smallest absolute Gasteiger partial charge is 0.255 e. The number of carbonyl (C=O) groups is 1. The van der Waals surface area contributed by atoms with Gasteiger partial charge in [0.15, 0.2) is 11.5 Å². The highest BCUT2D eigenvalue weighted by Gasteiger charge is 2.21. The number of methoxy groups -OCH3 is 1. The van der Waals surface area contributed by atoms with E-state index in [9.17, 15) is 4.79 Å². The Morgan fingerprint density at radius 1 is 1.03 bits per heavy atom. The van der Waals surface area contributed by atoms with Crippen LogP contribution in [-0.4, -0.2) is 29.6 Å². The number of rotatable bonds is 6. The van der Waals surface area contributed by atoms with Gasteiger partial charge >= 0.3 is 0 Å². The summed E-state index contributed by atoms with van der Waals surface area (Å²) in [5, 5.41) is 7.71. The standard InChI is InChI=1S/C25H21N3O4/c1-30-21-10-6-5-9-19(21)24-20(15-28(27-24)18-7-3-2-4-8-18)25(29)26-14-17-11-12-22-23(13-17)32-16-31-22/h2-13,15H,14,16H2,1H3,(H,26,29). The SMILES string of the molecule is COc1ccccc1-c1nn(-c2ccccc2)cc1C(=O)NCc1ccc2c(c1)OCO2. The molecule has 4 aromatic rings. The molecule has 2 heterocycles. The molecule has 0 radical (unpaired) electrons. The van der Waals surface area contributed by atoms with Crippen molar-refractivity contribution >= 4 is 5.91 Å². The van der Waals surface area contributed by atoms with Crippen molar-refractivity contribution in [2.24, 2.45) is 0 Å². The number of ether oxygens (including phenoxy) is 3. The Bertz CT molecular complexity index is 1270. The molecule has 1 amide bonds. The van der Waals surface area contributed by atoms with E-state index in [0.717, 1.165) is 16.8 Å². The minimum atomic E-state index is -0.231. The Hall–Kier alpha value is -4.26. The minimum absolute atomic E-state index is 0.214. The van der Waals surface area contributed by atoms with Gasteiger partial charge in [0.1, 0.15) is 11.4 Å². The van der Waals surface area contributed by atoms with E-state index >= 15 is 0 Å². The molecule has 3 aromatic carbocycles. The van der Waals surface area contributed by atoms with Crippen LogP contribution in [0.15, 0.2) is 79.0 Å². The van der Waals surface area contributed by atoms with Crippen molar-refractivity contribution in [3.8, 4) is 34.2 Å². The topological polar surface area (TPSA) is 74.6 Å². The molecule has 0 bridgehead atoms. The summed E-state index contributed by atoms with van der Waals surface area (Å²) in [6.45, 7) is 0.559. The molecule has 0 fully saturated rings. The lowest BCUT2D eigenvalue weighted by Gasteiger charge is -2.09. The molecule has 5 rings (SSSR count). The van der Waals surface area contributed by atoms with Crippen molar-refractivity contribution in [1.82, 2.24) is 15.1 Å². The molecule has 0 aliphatic carbocycles. The van der Waals surface area contributed by atoms with Crippen molar-refractivity contribution in [3.63, 3.8) is 0 Å². The third-order valence-electron chi connectivity index (χ3n) is 5.23. The number of hydrogen-bond donors (Lipinski definition) is 1. The van der Waals surface area contributed by atoms with E-state index in [1.807, 2.05) is 72.8 Å². The third kappa shape index (κ3) is 3.76. The highest BCUT2D eigenvalue weighted by atomic mass is 16.7. The lowest BCUT2D eigenvalue weighted by atomic mass is 10.1. The van der Waals surface area contributed by atoms with Crippen LogP contribution < -0.4 is 19.5 Å². The maximum atomic E-state index is 13.2. The lowest BCUT2D eigenvalue weighted by Crippen LogP contribution is -2.23. The summed E-state index contributed by atoms with van der Waals surface area (Å²) >= 11 is 0.